The fourth-order valence-corrected chi connectivity index (χ4v) is 5.56. The lowest BCUT2D eigenvalue weighted by Crippen LogP contribution is -2.41. The molecule has 3 heterocycles. The number of pyridine rings is 1. The van der Waals surface area contributed by atoms with Gasteiger partial charge in [0.2, 0.25) is 0 Å². The summed E-state index contributed by atoms with van der Waals surface area (Å²) < 4.78 is 7.59. The van der Waals surface area contributed by atoms with Gasteiger partial charge in [-0.1, -0.05) is 13.8 Å². The summed E-state index contributed by atoms with van der Waals surface area (Å²) in [5.74, 6) is 0.314. The van der Waals surface area contributed by atoms with Crippen LogP contribution in [0.3, 0.4) is 0 Å². The fourth-order valence-electron chi connectivity index (χ4n) is 5.56. The molecule has 1 fully saturated rings. The van der Waals surface area contributed by atoms with E-state index in [9.17, 15) is 14.4 Å². The van der Waals surface area contributed by atoms with E-state index in [1.54, 1.807) is 4.90 Å². The minimum Gasteiger partial charge on any atom is -0.444 e. The number of aromatic amines is 1. The van der Waals surface area contributed by atoms with Crippen molar-refractivity contribution in [2.75, 3.05) is 13.1 Å². The molecular weight excluding hydrogens is 492 g/mol. The molecule has 1 saturated heterocycles. The van der Waals surface area contributed by atoms with Crippen LogP contribution in [-0.4, -0.2) is 45.1 Å². The Balaban J connectivity index is 1.64. The summed E-state index contributed by atoms with van der Waals surface area (Å²) in [4.78, 5) is 43.4. The monoisotopic (exact) mass is 534 g/mol. The predicted octanol–water partition coefficient (Wildman–Crippen LogP) is 5.65. The molecule has 0 unspecified atom stereocenters. The summed E-state index contributed by atoms with van der Waals surface area (Å²) in [7, 11) is 1.97. The molecule has 8 heteroatoms. The highest BCUT2D eigenvalue weighted by Crippen LogP contribution is 2.36. The maximum atomic E-state index is 13.7. The Hall–Kier alpha value is -3.55. The second kappa shape index (κ2) is 10.9. The van der Waals surface area contributed by atoms with Crippen LogP contribution < -0.4 is 10.9 Å². The maximum Gasteiger partial charge on any atom is 0.410 e. The number of carbonyl (C=O) groups excluding carboxylic acids is 2. The van der Waals surface area contributed by atoms with Gasteiger partial charge in [-0.25, -0.2) is 4.79 Å². The molecule has 8 nitrogen and oxygen atoms in total. The number of hydrogen-bond acceptors (Lipinski definition) is 4. The topological polar surface area (TPSA) is 96.4 Å². The van der Waals surface area contributed by atoms with E-state index in [0.717, 1.165) is 40.6 Å². The molecule has 3 aromatic rings. The van der Waals surface area contributed by atoms with Crippen molar-refractivity contribution in [1.29, 1.82) is 0 Å². The molecule has 0 spiro atoms. The first-order valence-electron chi connectivity index (χ1n) is 13.8. The number of piperidine rings is 1. The molecular formula is C31H42N4O4. The van der Waals surface area contributed by atoms with Crippen LogP contribution in [0.5, 0.6) is 0 Å². The molecule has 1 aliphatic rings. The number of fused-ring (bicyclic) bond motifs is 1. The first kappa shape index (κ1) is 28.5. The lowest BCUT2D eigenvalue weighted by molar-refractivity contribution is 0.0205. The normalized spacial score (nSPS) is 14.7. The average molecular weight is 535 g/mol. The molecule has 1 aliphatic heterocycles. The number of nitrogens with zero attached hydrogens (tertiary/aromatic N) is 2. The van der Waals surface area contributed by atoms with Crippen LogP contribution in [-0.2, 0) is 18.3 Å². The Kier molecular flexibility index (Phi) is 7.96. The van der Waals surface area contributed by atoms with Crippen LogP contribution >= 0.6 is 0 Å². The number of H-pyrrole nitrogens is 1. The number of amides is 2. The highest BCUT2D eigenvalue weighted by molar-refractivity contribution is 6.07. The number of hydrogen-bond donors (Lipinski definition) is 2. The lowest BCUT2D eigenvalue weighted by Gasteiger charge is -2.33. The second-order valence-electron chi connectivity index (χ2n) is 12.2. The van der Waals surface area contributed by atoms with E-state index in [-0.39, 0.29) is 30.0 Å². The average Bonchev–Trinajstić information content (AvgIpc) is 3.18. The highest BCUT2D eigenvalue weighted by atomic mass is 16.6. The first-order valence-corrected chi connectivity index (χ1v) is 13.8. The Morgan fingerprint density at radius 1 is 1.13 bits per heavy atom. The lowest BCUT2D eigenvalue weighted by atomic mass is 9.86. The first-order chi connectivity index (χ1) is 18.2. The van der Waals surface area contributed by atoms with Gasteiger partial charge in [-0.3, -0.25) is 9.59 Å². The van der Waals surface area contributed by atoms with Gasteiger partial charge in [0.05, 0.1) is 11.1 Å². The third-order valence-corrected chi connectivity index (χ3v) is 7.53. The van der Waals surface area contributed by atoms with E-state index >= 15 is 0 Å². The van der Waals surface area contributed by atoms with E-state index in [2.05, 4.69) is 36.4 Å². The van der Waals surface area contributed by atoms with Crippen molar-refractivity contribution < 1.29 is 14.3 Å². The smallest absolute Gasteiger partial charge is 0.410 e. The van der Waals surface area contributed by atoms with E-state index in [1.807, 2.05) is 58.4 Å². The third kappa shape index (κ3) is 6.21. The molecule has 0 saturated carbocycles. The van der Waals surface area contributed by atoms with E-state index in [4.69, 9.17) is 4.74 Å². The molecule has 2 aromatic heterocycles. The predicted molar refractivity (Wildman–Crippen MR) is 154 cm³/mol. The van der Waals surface area contributed by atoms with Crippen molar-refractivity contribution in [3.8, 4) is 0 Å². The Morgan fingerprint density at radius 3 is 2.38 bits per heavy atom. The van der Waals surface area contributed by atoms with Crippen LogP contribution in [0.4, 0.5) is 4.79 Å². The zero-order chi connectivity index (χ0) is 28.6. The van der Waals surface area contributed by atoms with Crippen molar-refractivity contribution in [2.24, 2.45) is 7.05 Å². The van der Waals surface area contributed by atoms with Gasteiger partial charge in [0.1, 0.15) is 5.60 Å². The molecule has 0 bridgehead atoms. The van der Waals surface area contributed by atoms with Crippen molar-refractivity contribution in [1.82, 2.24) is 19.8 Å². The second-order valence-corrected chi connectivity index (χ2v) is 12.2. The van der Waals surface area contributed by atoms with E-state index < -0.39 is 5.60 Å². The molecule has 0 aliphatic carbocycles. The Bertz CT molecular complexity index is 1450. The summed E-state index contributed by atoms with van der Waals surface area (Å²) in [6, 6.07) is 6.14. The highest BCUT2D eigenvalue weighted by Gasteiger charge is 2.29. The zero-order valence-corrected chi connectivity index (χ0v) is 24.5. The number of aryl methyl sites for hydroxylation is 3. The zero-order valence-electron chi connectivity index (χ0n) is 24.5. The number of likely N-dealkylation sites (tertiary alicyclic amines) is 1. The van der Waals surface area contributed by atoms with E-state index in [1.165, 1.54) is 5.56 Å². The van der Waals surface area contributed by atoms with Gasteiger partial charge in [0, 0.05) is 49.5 Å². The minimum atomic E-state index is -0.524. The number of carbonyl (C=O) groups is 2. The molecule has 2 N–H and O–H groups in total. The van der Waals surface area contributed by atoms with Gasteiger partial charge in [0.15, 0.2) is 0 Å². The van der Waals surface area contributed by atoms with Crippen LogP contribution in [0.2, 0.25) is 0 Å². The molecule has 1 aromatic carbocycles. The Morgan fingerprint density at radius 2 is 1.79 bits per heavy atom. The van der Waals surface area contributed by atoms with E-state index in [0.29, 0.717) is 30.1 Å². The fraction of sp³-hybridized carbons (Fsp3) is 0.516. The molecule has 0 atom stereocenters. The van der Waals surface area contributed by atoms with Crippen molar-refractivity contribution in [3.05, 3.63) is 68.3 Å². The van der Waals surface area contributed by atoms with Gasteiger partial charge in [0.25, 0.3) is 11.5 Å². The summed E-state index contributed by atoms with van der Waals surface area (Å²) >= 11 is 0. The van der Waals surface area contributed by atoms with Gasteiger partial charge >= 0.3 is 6.09 Å². The maximum absolute atomic E-state index is 13.7. The summed E-state index contributed by atoms with van der Waals surface area (Å²) in [6.45, 7) is 15.1. The number of ether oxygens (including phenoxy) is 1. The quantitative estimate of drug-likeness (QED) is 0.442. The van der Waals surface area contributed by atoms with Crippen molar-refractivity contribution in [2.45, 2.75) is 85.3 Å². The number of rotatable bonds is 5. The number of nitrogens with one attached hydrogen (secondary N) is 2. The van der Waals surface area contributed by atoms with Crippen LogP contribution in [0.1, 0.15) is 97.6 Å². The van der Waals surface area contributed by atoms with Gasteiger partial charge in [-0.15, -0.1) is 0 Å². The number of benzene rings is 1. The molecule has 2 amide bonds. The SMILES string of the molecule is Cc1cc(C)c(CNC(=O)c2cc(C3CCN(C(=O)OC(C)(C)C)CC3)cc3c(C(C)C)cn(C)c23)c(=O)[nH]1. The number of aromatic nitrogens is 2. The van der Waals surface area contributed by atoms with Gasteiger partial charge < -0.3 is 24.5 Å². The van der Waals surface area contributed by atoms with Crippen molar-refractivity contribution >= 4 is 22.9 Å². The largest absolute Gasteiger partial charge is 0.444 e. The molecule has 39 heavy (non-hydrogen) atoms. The molecule has 4 rings (SSSR count). The van der Waals surface area contributed by atoms with Gasteiger partial charge in [-0.05, 0) is 94.2 Å². The molecule has 210 valence electrons. The van der Waals surface area contributed by atoms with Gasteiger partial charge in [-0.2, -0.15) is 0 Å². The van der Waals surface area contributed by atoms with Crippen LogP contribution in [0, 0.1) is 13.8 Å². The van der Waals surface area contributed by atoms with Crippen LogP contribution in [0.15, 0.2) is 29.2 Å². The minimum absolute atomic E-state index is 0.155. The van der Waals surface area contributed by atoms with Crippen LogP contribution in [0.25, 0.3) is 10.9 Å². The summed E-state index contributed by atoms with van der Waals surface area (Å²) in [6.07, 6.45) is 3.43. The molecule has 0 radical (unpaired) electrons. The van der Waals surface area contributed by atoms with Crippen molar-refractivity contribution in [3.63, 3.8) is 0 Å². The Labute approximate surface area is 230 Å². The summed E-state index contributed by atoms with van der Waals surface area (Å²) in [5, 5.41) is 4.08. The standard InChI is InChI=1S/C31H42N4O4/c1-18(2)26-17-34(8)27-23(26)14-22(21-9-11-35(12-10-21)30(38)39-31(5,6)7)15-24(27)28(36)32-16-25-19(3)13-20(4)33-29(25)37/h13-15,17-18,21H,9-12,16H2,1-8H3,(H,32,36)(H,33,37). The summed E-state index contributed by atoms with van der Waals surface area (Å²) in [5.41, 5.74) is 5.31. The third-order valence-electron chi connectivity index (χ3n) is 7.53.